The Hall–Kier alpha value is -0.910. The van der Waals surface area contributed by atoms with Crippen LogP contribution in [0.15, 0.2) is 12.1 Å². The first-order valence-corrected chi connectivity index (χ1v) is 4.89. The van der Waals surface area contributed by atoms with Gasteiger partial charge in [-0.3, -0.25) is 9.89 Å². The second-order valence-electron chi connectivity index (χ2n) is 2.90. The van der Waals surface area contributed by atoms with Gasteiger partial charge in [-0.2, -0.15) is 5.10 Å². The summed E-state index contributed by atoms with van der Waals surface area (Å²) >= 11 is 2.21. The number of benzene rings is 1. The van der Waals surface area contributed by atoms with E-state index < -0.39 is 0 Å². The maximum absolute atomic E-state index is 10.6. The molecular weight excluding hydrogens is 279 g/mol. The maximum Gasteiger partial charge on any atom is 0.168 e. The molecule has 3 nitrogen and oxygen atoms in total. The molecule has 4 heteroatoms. The van der Waals surface area contributed by atoms with Crippen LogP contribution in [0, 0.1) is 10.5 Å². The maximum atomic E-state index is 10.6. The number of nitrogens with zero attached hydrogens (tertiary/aromatic N) is 1. The number of aryl methyl sites for hydroxylation is 1. The molecule has 0 aliphatic carbocycles. The number of carbonyl (C=O) groups excluding carboxylic acids is 1. The van der Waals surface area contributed by atoms with Gasteiger partial charge in [0, 0.05) is 8.96 Å². The second-order valence-corrected chi connectivity index (χ2v) is 4.06. The number of nitrogens with one attached hydrogen (secondary N) is 1. The number of rotatable bonds is 1. The van der Waals surface area contributed by atoms with Crippen molar-refractivity contribution in [2.45, 2.75) is 6.92 Å². The average Bonchev–Trinajstić information content (AvgIpc) is 2.47. The first kappa shape index (κ1) is 8.68. The molecule has 66 valence electrons. The van der Waals surface area contributed by atoms with Crippen LogP contribution in [0.3, 0.4) is 0 Å². The predicted octanol–water partition coefficient (Wildman–Crippen LogP) is 2.29. The van der Waals surface area contributed by atoms with E-state index in [0.29, 0.717) is 5.69 Å². The molecule has 0 fully saturated rings. The zero-order chi connectivity index (χ0) is 9.42. The number of aldehydes is 1. The zero-order valence-electron chi connectivity index (χ0n) is 6.97. The standard InChI is InChI=1S/C9H7IN2O/c1-5-2-6(10)9-7(3-5)11-12-8(9)4-13/h2-4H,1H3,(H,11,12). The van der Waals surface area contributed by atoms with Gasteiger partial charge in [-0.1, -0.05) is 0 Å². The van der Waals surface area contributed by atoms with Crippen LogP contribution in [0.1, 0.15) is 16.1 Å². The summed E-state index contributed by atoms with van der Waals surface area (Å²) in [4.78, 5) is 10.6. The fourth-order valence-corrected chi connectivity index (χ4v) is 2.40. The molecule has 0 unspecified atom stereocenters. The lowest BCUT2D eigenvalue weighted by molar-refractivity contribution is 0.112. The summed E-state index contributed by atoms with van der Waals surface area (Å²) in [6.45, 7) is 2.01. The first-order chi connectivity index (χ1) is 6.22. The summed E-state index contributed by atoms with van der Waals surface area (Å²) < 4.78 is 1.06. The summed E-state index contributed by atoms with van der Waals surface area (Å²) in [5.74, 6) is 0. The Kier molecular flexibility index (Phi) is 2.07. The highest BCUT2D eigenvalue weighted by molar-refractivity contribution is 14.1. The van der Waals surface area contributed by atoms with Crippen LogP contribution >= 0.6 is 22.6 Å². The summed E-state index contributed by atoms with van der Waals surface area (Å²) in [6.07, 6.45) is 0.798. The van der Waals surface area contributed by atoms with Gasteiger partial charge in [0.2, 0.25) is 0 Å². The highest BCUT2D eigenvalue weighted by Crippen LogP contribution is 2.22. The Morgan fingerprint density at radius 2 is 2.31 bits per heavy atom. The van der Waals surface area contributed by atoms with Gasteiger partial charge in [-0.25, -0.2) is 0 Å². The van der Waals surface area contributed by atoms with Gasteiger partial charge < -0.3 is 0 Å². The molecule has 0 amide bonds. The minimum Gasteiger partial charge on any atom is -0.296 e. The number of carbonyl (C=O) groups is 1. The molecule has 2 aromatic rings. The van der Waals surface area contributed by atoms with Crippen LogP contribution in [0.25, 0.3) is 10.9 Å². The zero-order valence-corrected chi connectivity index (χ0v) is 9.12. The Bertz CT molecular complexity index is 476. The molecule has 0 spiro atoms. The highest BCUT2D eigenvalue weighted by Gasteiger charge is 2.07. The molecule has 0 radical (unpaired) electrons. The number of hydrogen-bond donors (Lipinski definition) is 1. The lowest BCUT2D eigenvalue weighted by atomic mass is 10.1. The lowest BCUT2D eigenvalue weighted by Gasteiger charge is -1.96. The molecule has 0 atom stereocenters. The Morgan fingerprint density at radius 3 is 3.00 bits per heavy atom. The van der Waals surface area contributed by atoms with Crippen LogP contribution in [0.5, 0.6) is 0 Å². The van der Waals surface area contributed by atoms with Crippen molar-refractivity contribution in [1.82, 2.24) is 10.2 Å². The third kappa shape index (κ3) is 1.35. The van der Waals surface area contributed by atoms with E-state index in [4.69, 9.17) is 0 Å². The lowest BCUT2D eigenvalue weighted by Crippen LogP contribution is -1.83. The SMILES string of the molecule is Cc1cc(I)c2c(C=O)[nH]nc2c1. The monoisotopic (exact) mass is 286 g/mol. The average molecular weight is 286 g/mol. The molecular formula is C9H7IN2O. The van der Waals surface area contributed by atoms with Gasteiger partial charge in [0.05, 0.1) is 5.52 Å². The van der Waals surface area contributed by atoms with E-state index in [0.717, 1.165) is 26.3 Å². The number of halogens is 1. The minimum atomic E-state index is 0.555. The third-order valence-electron chi connectivity index (χ3n) is 1.90. The summed E-state index contributed by atoms with van der Waals surface area (Å²) in [6, 6.07) is 3.99. The molecule has 0 saturated carbocycles. The Labute approximate surface area is 88.7 Å². The smallest absolute Gasteiger partial charge is 0.168 e. The van der Waals surface area contributed by atoms with E-state index in [1.807, 2.05) is 19.1 Å². The molecule has 13 heavy (non-hydrogen) atoms. The number of fused-ring (bicyclic) bond motifs is 1. The van der Waals surface area contributed by atoms with E-state index in [-0.39, 0.29) is 0 Å². The van der Waals surface area contributed by atoms with Crippen molar-refractivity contribution in [2.75, 3.05) is 0 Å². The molecule has 2 rings (SSSR count). The fraction of sp³-hybridized carbons (Fsp3) is 0.111. The minimum absolute atomic E-state index is 0.555. The normalized spacial score (nSPS) is 10.6. The molecule has 0 aliphatic rings. The van der Waals surface area contributed by atoms with Gasteiger partial charge >= 0.3 is 0 Å². The van der Waals surface area contributed by atoms with Gasteiger partial charge in [0.15, 0.2) is 6.29 Å². The number of aromatic amines is 1. The molecule has 0 bridgehead atoms. The van der Waals surface area contributed by atoms with Crippen LogP contribution in [-0.2, 0) is 0 Å². The van der Waals surface area contributed by atoms with E-state index in [9.17, 15) is 4.79 Å². The summed E-state index contributed by atoms with van der Waals surface area (Å²) in [7, 11) is 0. The number of H-pyrrole nitrogens is 1. The van der Waals surface area contributed by atoms with Crippen LogP contribution in [0.2, 0.25) is 0 Å². The van der Waals surface area contributed by atoms with Crippen LogP contribution in [-0.4, -0.2) is 16.5 Å². The van der Waals surface area contributed by atoms with Gasteiger partial charge in [-0.05, 0) is 47.2 Å². The second kappa shape index (κ2) is 3.10. The van der Waals surface area contributed by atoms with Crippen molar-refractivity contribution < 1.29 is 4.79 Å². The summed E-state index contributed by atoms with van der Waals surface area (Å²) in [5.41, 5.74) is 2.56. The fourth-order valence-electron chi connectivity index (χ4n) is 1.34. The van der Waals surface area contributed by atoms with Crippen molar-refractivity contribution >= 4 is 39.8 Å². The number of aromatic nitrogens is 2. The van der Waals surface area contributed by atoms with Gasteiger partial charge in [-0.15, -0.1) is 0 Å². The highest BCUT2D eigenvalue weighted by atomic mass is 127. The Morgan fingerprint density at radius 1 is 1.54 bits per heavy atom. The van der Waals surface area contributed by atoms with E-state index in [2.05, 4.69) is 32.8 Å². The van der Waals surface area contributed by atoms with Crippen molar-refractivity contribution in [3.8, 4) is 0 Å². The quantitative estimate of drug-likeness (QED) is 0.645. The molecule has 1 aromatic carbocycles. The molecule has 0 saturated heterocycles. The van der Waals surface area contributed by atoms with E-state index in [1.54, 1.807) is 0 Å². The molecule has 1 N–H and O–H groups in total. The van der Waals surface area contributed by atoms with E-state index >= 15 is 0 Å². The summed E-state index contributed by atoms with van der Waals surface area (Å²) in [5, 5.41) is 7.68. The van der Waals surface area contributed by atoms with Crippen molar-refractivity contribution in [3.63, 3.8) is 0 Å². The number of hydrogen-bond acceptors (Lipinski definition) is 2. The van der Waals surface area contributed by atoms with Crippen LogP contribution < -0.4 is 0 Å². The topological polar surface area (TPSA) is 45.8 Å². The van der Waals surface area contributed by atoms with Crippen molar-refractivity contribution in [3.05, 3.63) is 27.0 Å². The van der Waals surface area contributed by atoms with Crippen LogP contribution in [0.4, 0.5) is 0 Å². The molecule has 1 aromatic heterocycles. The predicted molar refractivity (Wildman–Crippen MR) is 58.9 cm³/mol. The first-order valence-electron chi connectivity index (χ1n) is 3.82. The molecule has 1 heterocycles. The third-order valence-corrected chi connectivity index (χ3v) is 2.75. The van der Waals surface area contributed by atoms with Crippen molar-refractivity contribution in [1.29, 1.82) is 0 Å². The van der Waals surface area contributed by atoms with Gasteiger partial charge in [0.25, 0.3) is 0 Å². The van der Waals surface area contributed by atoms with E-state index in [1.165, 1.54) is 0 Å². The van der Waals surface area contributed by atoms with Crippen molar-refractivity contribution in [2.24, 2.45) is 0 Å². The largest absolute Gasteiger partial charge is 0.296 e. The molecule has 0 aliphatic heterocycles. The Balaban J connectivity index is 2.89. The van der Waals surface area contributed by atoms with Gasteiger partial charge in [0.1, 0.15) is 5.69 Å².